The lowest BCUT2D eigenvalue weighted by atomic mass is 10.2. The van der Waals surface area contributed by atoms with Gasteiger partial charge in [-0.15, -0.1) is 0 Å². The summed E-state index contributed by atoms with van der Waals surface area (Å²) in [5.41, 5.74) is 2.80. The number of rotatable bonds is 9. The van der Waals surface area contributed by atoms with Crippen LogP contribution < -0.4 is 29.9 Å². The van der Waals surface area contributed by atoms with Crippen LogP contribution >= 0.6 is 0 Å². The van der Waals surface area contributed by atoms with Gasteiger partial charge in [-0.3, -0.25) is 9.59 Å². The monoisotopic (exact) mass is 427 g/mol. The van der Waals surface area contributed by atoms with Crippen LogP contribution in [0.15, 0.2) is 42.5 Å². The molecular formula is C23H31N4O4+. The second-order valence-corrected chi connectivity index (χ2v) is 7.70. The Labute approximate surface area is 183 Å². The van der Waals surface area contributed by atoms with Crippen LogP contribution in [-0.4, -0.2) is 58.8 Å². The van der Waals surface area contributed by atoms with Crippen molar-refractivity contribution < 1.29 is 24.0 Å². The number of quaternary nitrogens is 1. The third-order valence-electron chi connectivity index (χ3n) is 5.09. The third-order valence-corrected chi connectivity index (χ3v) is 5.09. The van der Waals surface area contributed by atoms with Gasteiger partial charge < -0.3 is 29.9 Å². The summed E-state index contributed by atoms with van der Waals surface area (Å²) in [6.45, 7) is 4.55. The van der Waals surface area contributed by atoms with E-state index < -0.39 is 0 Å². The molecule has 0 bridgehead atoms. The predicted molar refractivity (Wildman–Crippen MR) is 120 cm³/mol. The summed E-state index contributed by atoms with van der Waals surface area (Å²) in [4.78, 5) is 27.7. The van der Waals surface area contributed by atoms with Crippen molar-refractivity contribution in [2.45, 2.75) is 13.5 Å². The first-order chi connectivity index (χ1) is 14.9. The van der Waals surface area contributed by atoms with Crippen molar-refractivity contribution in [2.75, 3.05) is 57.2 Å². The zero-order valence-corrected chi connectivity index (χ0v) is 18.4. The minimum absolute atomic E-state index is 0.0827. The smallest absolute Gasteiger partial charge is 0.279 e. The van der Waals surface area contributed by atoms with Crippen LogP contribution in [0, 0.1) is 0 Å². The van der Waals surface area contributed by atoms with E-state index in [9.17, 15) is 9.59 Å². The summed E-state index contributed by atoms with van der Waals surface area (Å²) in [5, 5.41) is 5.81. The fourth-order valence-electron chi connectivity index (χ4n) is 3.27. The Morgan fingerprint density at radius 3 is 2.32 bits per heavy atom. The van der Waals surface area contributed by atoms with E-state index in [1.54, 1.807) is 18.2 Å². The van der Waals surface area contributed by atoms with E-state index in [-0.39, 0.29) is 24.9 Å². The topological polar surface area (TPSA) is 84.3 Å². The van der Waals surface area contributed by atoms with Gasteiger partial charge in [0.2, 0.25) is 0 Å². The number of benzene rings is 2. The van der Waals surface area contributed by atoms with Crippen molar-refractivity contribution in [1.29, 1.82) is 0 Å². The average Bonchev–Trinajstić information content (AvgIpc) is 2.77. The number of likely N-dealkylation sites (N-methyl/N-ethyl adjacent to an activating group) is 1. The Morgan fingerprint density at radius 1 is 0.968 bits per heavy atom. The van der Waals surface area contributed by atoms with Crippen LogP contribution in [0.25, 0.3) is 0 Å². The number of nitrogens with one attached hydrogen (secondary N) is 3. The lowest BCUT2D eigenvalue weighted by molar-refractivity contribution is -0.881. The van der Waals surface area contributed by atoms with E-state index in [0.717, 1.165) is 16.2 Å². The second-order valence-electron chi connectivity index (χ2n) is 7.70. The minimum Gasteiger partial charge on any atom is -0.486 e. The van der Waals surface area contributed by atoms with Gasteiger partial charge >= 0.3 is 0 Å². The summed E-state index contributed by atoms with van der Waals surface area (Å²) in [5.74, 6) is 1.07. The van der Waals surface area contributed by atoms with Crippen LogP contribution in [0.3, 0.4) is 0 Å². The lowest BCUT2D eigenvalue weighted by Gasteiger charge is -2.20. The molecule has 0 saturated carbocycles. The van der Waals surface area contributed by atoms with Crippen molar-refractivity contribution in [1.82, 2.24) is 5.32 Å². The summed E-state index contributed by atoms with van der Waals surface area (Å²) in [6.07, 6.45) is 0. The Hall–Kier alpha value is -3.26. The fourth-order valence-corrected chi connectivity index (χ4v) is 3.27. The summed E-state index contributed by atoms with van der Waals surface area (Å²) >= 11 is 0. The van der Waals surface area contributed by atoms with E-state index in [0.29, 0.717) is 43.5 Å². The molecule has 1 aliphatic rings. The molecule has 0 aliphatic carbocycles. The van der Waals surface area contributed by atoms with E-state index in [1.165, 1.54) is 0 Å². The van der Waals surface area contributed by atoms with Gasteiger partial charge in [-0.25, -0.2) is 0 Å². The van der Waals surface area contributed by atoms with Gasteiger partial charge in [-0.2, -0.15) is 0 Å². The molecule has 0 fully saturated rings. The number of ether oxygens (including phenoxy) is 2. The quantitative estimate of drug-likeness (QED) is 0.548. The third kappa shape index (κ3) is 6.62. The van der Waals surface area contributed by atoms with Gasteiger partial charge in [0.1, 0.15) is 13.2 Å². The molecule has 0 aromatic heterocycles. The Kier molecular flexibility index (Phi) is 7.72. The van der Waals surface area contributed by atoms with Crippen molar-refractivity contribution in [2.24, 2.45) is 0 Å². The molecule has 1 unspecified atom stereocenters. The summed E-state index contributed by atoms with van der Waals surface area (Å²) < 4.78 is 11.0. The molecule has 31 heavy (non-hydrogen) atoms. The summed E-state index contributed by atoms with van der Waals surface area (Å²) in [6, 6.07) is 13.4. The molecule has 2 aromatic carbocycles. The molecule has 0 spiro atoms. The molecule has 1 heterocycles. The van der Waals surface area contributed by atoms with Gasteiger partial charge in [0.15, 0.2) is 24.6 Å². The molecule has 8 nitrogen and oxygen atoms in total. The van der Waals surface area contributed by atoms with Gasteiger partial charge in [-0.1, -0.05) is 12.1 Å². The molecule has 1 aliphatic heterocycles. The molecule has 166 valence electrons. The Balaban J connectivity index is 1.45. The van der Waals surface area contributed by atoms with E-state index in [4.69, 9.17) is 9.47 Å². The van der Waals surface area contributed by atoms with Crippen molar-refractivity contribution in [3.63, 3.8) is 0 Å². The first-order valence-corrected chi connectivity index (χ1v) is 10.5. The number of amides is 2. The first-order valence-electron chi connectivity index (χ1n) is 10.5. The molecule has 8 heteroatoms. The Bertz CT molecular complexity index is 899. The normalized spacial score (nSPS) is 13.3. The lowest BCUT2D eigenvalue weighted by Crippen LogP contribution is -3.13. The number of hydrogen-bond acceptors (Lipinski definition) is 5. The molecule has 0 saturated heterocycles. The highest BCUT2D eigenvalue weighted by Gasteiger charge is 2.18. The maximum absolute atomic E-state index is 12.5. The van der Waals surface area contributed by atoms with Crippen molar-refractivity contribution >= 4 is 23.2 Å². The zero-order valence-electron chi connectivity index (χ0n) is 18.4. The minimum atomic E-state index is -0.152. The molecule has 3 rings (SSSR count). The number of nitrogens with zero attached hydrogens (tertiary/aromatic N) is 1. The maximum Gasteiger partial charge on any atom is 0.279 e. The standard InChI is InChI=1S/C23H30N4O4/c1-4-27(15-22(28)24-14-17-5-8-19(9-6-17)26(2)3)16-23(29)25-18-7-10-20-21(13-18)31-12-11-30-20/h5-10,13H,4,11-12,14-16H2,1-3H3,(H,24,28)(H,25,29)/p+1. The molecular weight excluding hydrogens is 396 g/mol. The number of carbonyl (C=O) groups is 2. The Morgan fingerprint density at radius 2 is 1.65 bits per heavy atom. The molecule has 1 atom stereocenters. The van der Waals surface area contributed by atoms with Crippen LogP contribution in [0.4, 0.5) is 11.4 Å². The van der Waals surface area contributed by atoms with Crippen molar-refractivity contribution in [3.05, 3.63) is 48.0 Å². The van der Waals surface area contributed by atoms with E-state index in [2.05, 4.69) is 10.6 Å². The van der Waals surface area contributed by atoms with Gasteiger partial charge in [0.05, 0.1) is 6.54 Å². The number of fused-ring (bicyclic) bond motifs is 1. The highest BCUT2D eigenvalue weighted by molar-refractivity contribution is 5.92. The SMILES string of the molecule is CC[NH+](CC(=O)NCc1ccc(N(C)C)cc1)CC(=O)Nc1ccc2c(c1)OCCO2. The first kappa shape index (κ1) is 22.4. The van der Waals surface area contributed by atoms with Gasteiger partial charge in [-0.05, 0) is 36.8 Å². The fraction of sp³-hybridized carbons (Fsp3) is 0.391. The number of hydrogen-bond donors (Lipinski definition) is 3. The van der Waals surface area contributed by atoms with Crippen LogP contribution in [0.2, 0.25) is 0 Å². The van der Waals surface area contributed by atoms with Crippen LogP contribution in [-0.2, 0) is 16.1 Å². The zero-order chi connectivity index (χ0) is 22.2. The average molecular weight is 428 g/mol. The molecule has 0 radical (unpaired) electrons. The number of carbonyl (C=O) groups excluding carboxylic acids is 2. The molecule has 2 aromatic rings. The van der Waals surface area contributed by atoms with Gasteiger partial charge in [0, 0.05) is 38.1 Å². The maximum atomic E-state index is 12.5. The predicted octanol–water partition coefficient (Wildman–Crippen LogP) is 0.684. The van der Waals surface area contributed by atoms with Crippen molar-refractivity contribution in [3.8, 4) is 11.5 Å². The highest BCUT2D eigenvalue weighted by atomic mass is 16.6. The highest BCUT2D eigenvalue weighted by Crippen LogP contribution is 2.32. The molecule has 3 N–H and O–H groups in total. The van der Waals surface area contributed by atoms with Crippen LogP contribution in [0.1, 0.15) is 12.5 Å². The van der Waals surface area contributed by atoms with E-state index >= 15 is 0 Å². The van der Waals surface area contributed by atoms with Crippen LogP contribution in [0.5, 0.6) is 11.5 Å². The second kappa shape index (κ2) is 10.7. The summed E-state index contributed by atoms with van der Waals surface area (Å²) in [7, 11) is 3.98. The van der Waals surface area contributed by atoms with E-state index in [1.807, 2.05) is 50.2 Å². The largest absolute Gasteiger partial charge is 0.486 e. The number of anilines is 2. The molecule has 2 amide bonds. The van der Waals surface area contributed by atoms with Gasteiger partial charge in [0.25, 0.3) is 11.8 Å².